The minimum atomic E-state index is -4.39. The van der Waals surface area contributed by atoms with Crippen LogP contribution < -0.4 is 0 Å². The van der Waals surface area contributed by atoms with Gasteiger partial charge in [0, 0.05) is 35.8 Å². The molecule has 10 heteroatoms. The van der Waals surface area contributed by atoms with Gasteiger partial charge in [-0.25, -0.2) is 13.8 Å². The van der Waals surface area contributed by atoms with Crippen LogP contribution in [0.15, 0.2) is 22.9 Å². The standard InChI is InChI=1S/C26H27F5N4O/c1-13-9-19-20(10-18(13)22-15(3)34-36-16(22)4)32-12-21-23(19)35(14(2)11-26(29,30)31)24(33-21)17-5-7-25(27,28)8-6-17/h9-10,12,14,17H,5-8,11H2,1-4H3/t14-/m1/s1. The van der Waals surface area contributed by atoms with E-state index in [1.807, 2.05) is 32.9 Å². The van der Waals surface area contributed by atoms with Crippen LogP contribution in [0.25, 0.3) is 33.1 Å². The average molecular weight is 507 g/mol. The molecule has 3 heterocycles. The Kier molecular flexibility index (Phi) is 5.83. The summed E-state index contributed by atoms with van der Waals surface area (Å²) in [5.41, 5.74) is 4.99. The van der Waals surface area contributed by atoms with Crippen molar-refractivity contribution in [1.29, 1.82) is 0 Å². The van der Waals surface area contributed by atoms with E-state index in [9.17, 15) is 22.0 Å². The highest BCUT2D eigenvalue weighted by Gasteiger charge is 2.39. The van der Waals surface area contributed by atoms with Crippen LogP contribution in [0.3, 0.4) is 0 Å². The third kappa shape index (κ3) is 4.35. The first-order valence-corrected chi connectivity index (χ1v) is 12.0. The molecule has 1 atom stereocenters. The maximum Gasteiger partial charge on any atom is 0.391 e. The molecule has 5 rings (SSSR count). The molecule has 0 unspecified atom stereocenters. The summed E-state index contributed by atoms with van der Waals surface area (Å²) in [7, 11) is 0. The molecule has 192 valence electrons. The summed E-state index contributed by atoms with van der Waals surface area (Å²) < 4.78 is 75.1. The molecule has 0 aliphatic heterocycles. The van der Waals surface area contributed by atoms with Crippen LogP contribution in [0.4, 0.5) is 22.0 Å². The molecule has 3 aromatic heterocycles. The predicted octanol–water partition coefficient (Wildman–Crippen LogP) is 7.97. The lowest BCUT2D eigenvalue weighted by molar-refractivity contribution is -0.141. The maximum absolute atomic E-state index is 13.8. The van der Waals surface area contributed by atoms with Crippen molar-refractivity contribution < 1.29 is 26.5 Å². The molecule has 1 aromatic carbocycles. The summed E-state index contributed by atoms with van der Waals surface area (Å²) in [6, 6.07) is 2.84. The lowest BCUT2D eigenvalue weighted by atomic mass is 9.86. The van der Waals surface area contributed by atoms with Crippen molar-refractivity contribution >= 4 is 21.9 Å². The van der Waals surface area contributed by atoms with Gasteiger partial charge in [-0.2, -0.15) is 13.2 Å². The highest BCUT2D eigenvalue weighted by molar-refractivity contribution is 6.04. The summed E-state index contributed by atoms with van der Waals surface area (Å²) in [5, 5.41) is 4.71. The van der Waals surface area contributed by atoms with E-state index in [0.29, 0.717) is 33.5 Å². The lowest BCUT2D eigenvalue weighted by Crippen LogP contribution is -2.26. The van der Waals surface area contributed by atoms with Crippen molar-refractivity contribution in [3.05, 3.63) is 41.2 Å². The van der Waals surface area contributed by atoms with Crippen LogP contribution >= 0.6 is 0 Å². The van der Waals surface area contributed by atoms with Gasteiger partial charge in [0.05, 0.1) is 29.3 Å². The van der Waals surface area contributed by atoms with Crippen LogP contribution in [-0.4, -0.2) is 31.8 Å². The topological polar surface area (TPSA) is 56.7 Å². The molecular weight excluding hydrogens is 479 g/mol. The molecule has 0 spiro atoms. The number of fused-ring (bicyclic) bond motifs is 3. The fourth-order valence-electron chi connectivity index (χ4n) is 5.55. The SMILES string of the molecule is Cc1cc2c(cc1-c1c(C)noc1C)ncc1nc(C3CCC(F)(F)CC3)n([C@H](C)CC(F)(F)F)c12. The van der Waals surface area contributed by atoms with E-state index in [1.54, 1.807) is 10.8 Å². The van der Waals surface area contributed by atoms with E-state index in [-0.39, 0.29) is 31.6 Å². The van der Waals surface area contributed by atoms with Gasteiger partial charge in [0.15, 0.2) is 0 Å². The zero-order valence-electron chi connectivity index (χ0n) is 20.5. The minimum absolute atomic E-state index is 0.176. The van der Waals surface area contributed by atoms with Gasteiger partial charge in [-0.1, -0.05) is 5.16 Å². The molecule has 1 aliphatic rings. The first-order valence-electron chi connectivity index (χ1n) is 12.0. The fraction of sp³-hybridized carbons (Fsp3) is 0.500. The molecule has 1 fully saturated rings. The van der Waals surface area contributed by atoms with Crippen molar-refractivity contribution in [3.63, 3.8) is 0 Å². The molecule has 4 aromatic rings. The Morgan fingerprint density at radius 2 is 1.81 bits per heavy atom. The first kappa shape index (κ1) is 24.6. The summed E-state index contributed by atoms with van der Waals surface area (Å²) in [6.07, 6.45) is -4.12. The van der Waals surface area contributed by atoms with Crippen molar-refractivity contribution in [2.75, 3.05) is 0 Å². The number of alkyl halides is 5. The van der Waals surface area contributed by atoms with Gasteiger partial charge in [-0.15, -0.1) is 0 Å². The average Bonchev–Trinajstić information content (AvgIpc) is 3.32. The van der Waals surface area contributed by atoms with Gasteiger partial charge in [-0.3, -0.25) is 4.98 Å². The van der Waals surface area contributed by atoms with Crippen molar-refractivity contribution in [2.45, 2.75) is 83.9 Å². The molecule has 5 nitrogen and oxygen atoms in total. The molecule has 0 saturated heterocycles. The number of hydrogen-bond acceptors (Lipinski definition) is 4. The molecule has 0 bridgehead atoms. The second-order valence-electron chi connectivity index (χ2n) is 10.0. The Morgan fingerprint density at radius 1 is 1.11 bits per heavy atom. The highest BCUT2D eigenvalue weighted by atomic mass is 19.4. The molecule has 0 radical (unpaired) electrons. The molecule has 0 amide bonds. The van der Waals surface area contributed by atoms with E-state index in [1.165, 1.54) is 6.92 Å². The Hall–Kier alpha value is -3.04. The third-order valence-corrected chi connectivity index (χ3v) is 7.24. The van der Waals surface area contributed by atoms with E-state index in [2.05, 4.69) is 15.1 Å². The molecular formula is C26H27F5N4O. The minimum Gasteiger partial charge on any atom is -0.361 e. The second kappa shape index (κ2) is 8.52. The van der Waals surface area contributed by atoms with Gasteiger partial charge < -0.3 is 9.09 Å². The van der Waals surface area contributed by atoms with Crippen LogP contribution in [0.1, 0.15) is 73.8 Å². The lowest BCUT2D eigenvalue weighted by Gasteiger charge is -2.29. The number of aromatic nitrogens is 4. The van der Waals surface area contributed by atoms with Gasteiger partial charge >= 0.3 is 6.18 Å². The molecule has 36 heavy (non-hydrogen) atoms. The Bertz CT molecular complexity index is 1420. The third-order valence-electron chi connectivity index (χ3n) is 7.24. The van der Waals surface area contributed by atoms with Gasteiger partial charge in [0.25, 0.3) is 0 Å². The first-order chi connectivity index (χ1) is 16.8. The van der Waals surface area contributed by atoms with E-state index in [0.717, 1.165) is 22.4 Å². The van der Waals surface area contributed by atoms with Crippen LogP contribution in [0.5, 0.6) is 0 Å². The zero-order valence-corrected chi connectivity index (χ0v) is 20.5. The van der Waals surface area contributed by atoms with Crippen LogP contribution in [0, 0.1) is 20.8 Å². The Labute approximate surface area is 204 Å². The monoisotopic (exact) mass is 506 g/mol. The number of hydrogen-bond donors (Lipinski definition) is 0. The Morgan fingerprint density at radius 3 is 2.42 bits per heavy atom. The maximum atomic E-state index is 13.8. The smallest absolute Gasteiger partial charge is 0.361 e. The highest BCUT2D eigenvalue weighted by Crippen LogP contribution is 2.44. The quantitative estimate of drug-likeness (QED) is 0.263. The second-order valence-corrected chi connectivity index (χ2v) is 10.0. The van der Waals surface area contributed by atoms with Crippen LogP contribution in [-0.2, 0) is 0 Å². The fourth-order valence-corrected chi connectivity index (χ4v) is 5.55. The number of nitrogens with zero attached hydrogens (tertiary/aromatic N) is 4. The summed E-state index contributed by atoms with van der Waals surface area (Å²) in [6.45, 7) is 7.10. The summed E-state index contributed by atoms with van der Waals surface area (Å²) in [4.78, 5) is 9.25. The number of imidazole rings is 1. The van der Waals surface area contributed by atoms with Crippen LogP contribution in [0.2, 0.25) is 0 Å². The van der Waals surface area contributed by atoms with Crippen molar-refractivity contribution in [1.82, 2.24) is 19.7 Å². The van der Waals surface area contributed by atoms with E-state index in [4.69, 9.17) is 4.52 Å². The largest absolute Gasteiger partial charge is 0.391 e. The van der Waals surface area contributed by atoms with E-state index < -0.39 is 24.6 Å². The summed E-state index contributed by atoms with van der Waals surface area (Å²) >= 11 is 0. The number of halogens is 5. The van der Waals surface area contributed by atoms with Crippen molar-refractivity contribution in [3.8, 4) is 11.1 Å². The summed E-state index contributed by atoms with van der Waals surface area (Å²) in [5.74, 6) is -1.99. The van der Waals surface area contributed by atoms with Crippen molar-refractivity contribution in [2.24, 2.45) is 0 Å². The van der Waals surface area contributed by atoms with Gasteiger partial charge in [-0.05, 0) is 63.8 Å². The van der Waals surface area contributed by atoms with Gasteiger partial charge in [0.1, 0.15) is 17.1 Å². The number of aryl methyl sites for hydroxylation is 3. The number of pyridine rings is 1. The van der Waals surface area contributed by atoms with Gasteiger partial charge in [0.2, 0.25) is 5.92 Å². The molecule has 1 aliphatic carbocycles. The zero-order chi connectivity index (χ0) is 26.0. The molecule has 1 saturated carbocycles. The number of rotatable bonds is 4. The number of benzene rings is 1. The van der Waals surface area contributed by atoms with E-state index >= 15 is 0 Å². The normalized spacial score (nSPS) is 17.8. The Balaban J connectivity index is 1.73. The predicted molar refractivity (Wildman–Crippen MR) is 126 cm³/mol. The molecule has 0 N–H and O–H groups in total.